The van der Waals surface area contributed by atoms with Crippen molar-refractivity contribution in [2.45, 2.75) is 40.5 Å². The van der Waals surface area contributed by atoms with Crippen LogP contribution >= 0.6 is 12.2 Å². The molecule has 1 amide bonds. The Balaban J connectivity index is 4.00. The Morgan fingerprint density at radius 2 is 1.87 bits per heavy atom. The van der Waals surface area contributed by atoms with E-state index in [0.717, 1.165) is 19.5 Å². The zero-order chi connectivity index (χ0) is 11.8. The minimum absolute atomic E-state index is 0.0289. The number of nitrogens with one attached hydrogen (secondary N) is 1. The lowest BCUT2D eigenvalue weighted by Crippen LogP contribution is -2.42. The molecule has 15 heavy (non-hydrogen) atoms. The quantitative estimate of drug-likeness (QED) is 0.735. The summed E-state index contributed by atoms with van der Waals surface area (Å²) in [5.74, 6) is 0.450. The molecular weight excluding hydrogens is 208 g/mol. The van der Waals surface area contributed by atoms with Gasteiger partial charge in [-0.1, -0.05) is 20.3 Å². The van der Waals surface area contributed by atoms with Gasteiger partial charge in [0, 0.05) is 19.5 Å². The third kappa shape index (κ3) is 5.72. The second kappa shape index (κ2) is 7.63. The molecule has 0 aromatic heterocycles. The van der Waals surface area contributed by atoms with Crippen LogP contribution in [0.15, 0.2) is 0 Å². The molecule has 4 heteroatoms. The molecule has 0 spiro atoms. The van der Waals surface area contributed by atoms with Crippen molar-refractivity contribution in [3.8, 4) is 0 Å². The third-order valence-corrected chi connectivity index (χ3v) is 2.89. The van der Waals surface area contributed by atoms with Gasteiger partial charge in [0.1, 0.15) is 0 Å². The van der Waals surface area contributed by atoms with Crippen molar-refractivity contribution in [3.63, 3.8) is 0 Å². The Morgan fingerprint density at radius 3 is 2.27 bits per heavy atom. The predicted octanol–water partition coefficient (Wildman–Crippen LogP) is 2.17. The van der Waals surface area contributed by atoms with Crippen LogP contribution in [0.5, 0.6) is 0 Å². The largest absolute Gasteiger partial charge is 0.350 e. The molecule has 0 rings (SSSR count). The standard InChI is InChI=1S/C11H22N2OS/c1-5-9(4)8-10(14)12-11(15)13(6-2)7-3/h9H,5-8H2,1-4H3,(H,12,14,15)/t9-/m0/s1. The summed E-state index contributed by atoms with van der Waals surface area (Å²) < 4.78 is 0. The predicted molar refractivity (Wildman–Crippen MR) is 67.7 cm³/mol. The van der Waals surface area contributed by atoms with Gasteiger partial charge in [0.25, 0.3) is 0 Å². The summed E-state index contributed by atoms with van der Waals surface area (Å²) in [5.41, 5.74) is 0. The lowest BCUT2D eigenvalue weighted by Gasteiger charge is -2.22. The van der Waals surface area contributed by atoms with Crippen molar-refractivity contribution in [3.05, 3.63) is 0 Å². The van der Waals surface area contributed by atoms with Gasteiger partial charge >= 0.3 is 0 Å². The molecule has 1 N–H and O–H groups in total. The van der Waals surface area contributed by atoms with Gasteiger partial charge in [0.15, 0.2) is 5.11 Å². The highest BCUT2D eigenvalue weighted by molar-refractivity contribution is 7.80. The number of amides is 1. The van der Waals surface area contributed by atoms with E-state index in [1.807, 2.05) is 18.7 Å². The Bertz CT molecular complexity index is 215. The minimum atomic E-state index is 0.0289. The monoisotopic (exact) mass is 230 g/mol. The maximum absolute atomic E-state index is 11.5. The summed E-state index contributed by atoms with van der Waals surface area (Å²) in [6.45, 7) is 9.87. The van der Waals surface area contributed by atoms with Gasteiger partial charge in [-0.25, -0.2) is 0 Å². The zero-order valence-electron chi connectivity index (χ0n) is 10.2. The average molecular weight is 230 g/mol. The fourth-order valence-corrected chi connectivity index (χ4v) is 1.59. The first kappa shape index (κ1) is 14.4. The van der Waals surface area contributed by atoms with Crippen LogP contribution in [-0.4, -0.2) is 29.0 Å². The molecule has 0 aromatic rings. The van der Waals surface area contributed by atoms with Crippen molar-refractivity contribution in [1.82, 2.24) is 10.2 Å². The molecule has 1 atom stereocenters. The molecule has 0 saturated carbocycles. The number of thiocarbonyl (C=S) groups is 1. The fraction of sp³-hybridized carbons (Fsp3) is 0.818. The number of carbonyl (C=O) groups excluding carboxylic acids is 1. The van der Waals surface area contributed by atoms with Crippen LogP contribution in [0.2, 0.25) is 0 Å². The molecule has 88 valence electrons. The molecule has 0 aliphatic carbocycles. The van der Waals surface area contributed by atoms with Crippen LogP contribution in [0.25, 0.3) is 0 Å². The van der Waals surface area contributed by atoms with Crippen LogP contribution in [0, 0.1) is 5.92 Å². The van der Waals surface area contributed by atoms with E-state index in [0.29, 0.717) is 17.5 Å². The van der Waals surface area contributed by atoms with E-state index >= 15 is 0 Å². The summed E-state index contributed by atoms with van der Waals surface area (Å²) in [6, 6.07) is 0. The van der Waals surface area contributed by atoms with Crippen LogP contribution in [0.3, 0.4) is 0 Å². The van der Waals surface area contributed by atoms with Crippen LogP contribution in [-0.2, 0) is 4.79 Å². The summed E-state index contributed by atoms with van der Waals surface area (Å²) in [4.78, 5) is 13.5. The highest BCUT2D eigenvalue weighted by Crippen LogP contribution is 2.05. The van der Waals surface area contributed by atoms with E-state index in [1.54, 1.807) is 0 Å². The van der Waals surface area contributed by atoms with Gasteiger partial charge in [0.2, 0.25) is 5.91 Å². The van der Waals surface area contributed by atoms with E-state index in [-0.39, 0.29) is 5.91 Å². The van der Waals surface area contributed by atoms with Crippen molar-refractivity contribution >= 4 is 23.2 Å². The van der Waals surface area contributed by atoms with Crippen LogP contribution < -0.4 is 5.32 Å². The Kier molecular flexibility index (Phi) is 7.30. The first-order chi connectivity index (χ1) is 7.04. The summed E-state index contributed by atoms with van der Waals surface area (Å²) >= 11 is 5.13. The number of nitrogens with zero attached hydrogens (tertiary/aromatic N) is 1. The molecule has 0 aliphatic rings. The van der Waals surface area contributed by atoms with Gasteiger partial charge < -0.3 is 10.2 Å². The SMILES string of the molecule is CC[C@H](C)CC(=O)NC(=S)N(CC)CC. The summed E-state index contributed by atoms with van der Waals surface area (Å²) in [7, 11) is 0. The van der Waals surface area contributed by atoms with E-state index < -0.39 is 0 Å². The number of hydrogen-bond donors (Lipinski definition) is 1. The van der Waals surface area contributed by atoms with Crippen molar-refractivity contribution in [2.24, 2.45) is 5.92 Å². The molecule has 0 aliphatic heterocycles. The molecule has 0 fully saturated rings. The topological polar surface area (TPSA) is 32.3 Å². The van der Waals surface area contributed by atoms with E-state index in [1.165, 1.54) is 0 Å². The van der Waals surface area contributed by atoms with Crippen LogP contribution in [0.1, 0.15) is 40.5 Å². The highest BCUT2D eigenvalue weighted by atomic mass is 32.1. The van der Waals surface area contributed by atoms with Gasteiger partial charge in [-0.2, -0.15) is 0 Å². The first-order valence-electron chi connectivity index (χ1n) is 5.63. The summed E-state index contributed by atoms with van der Waals surface area (Å²) in [6.07, 6.45) is 1.57. The Labute approximate surface area is 98.2 Å². The molecule has 0 bridgehead atoms. The number of carbonyl (C=O) groups is 1. The van der Waals surface area contributed by atoms with Crippen molar-refractivity contribution in [1.29, 1.82) is 0 Å². The maximum Gasteiger partial charge on any atom is 0.226 e. The van der Waals surface area contributed by atoms with Gasteiger partial charge in [-0.05, 0) is 32.0 Å². The second-order valence-electron chi connectivity index (χ2n) is 3.74. The molecule has 0 radical (unpaired) electrons. The van der Waals surface area contributed by atoms with E-state index in [2.05, 4.69) is 19.2 Å². The van der Waals surface area contributed by atoms with Gasteiger partial charge in [-0.15, -0.1) is 0 Å². The van der Waals surface area contributed by atoms with Crippen LogP contribution in [0.4, 0.5) is 0 Å². The van der Waals surface area contributed by atoms with Crippen molar-refractivity contribution < 1.29 is 4.79 Å². The number of rotatable bonds is 5. The number of hydrogen-bond acceptors (Lipinski definition) is 2. The van der Waals surface area contributed by atoms with Crippen molar-refractivity contribution in [2.75, 3.05) is 13.1 Å². The van der Waals surface area contributed by atoms with E-state index in [4.69, 9.17) is 12.2 Å². The van der Waals surface area contributed by atoms with E-state index in [9.17, 15) is 4.79 Å². The normalized spacial score (nSPS) is 12.0. The maximum atomic E-state index is 11.5. The lowest BCUT2D eigenvalue weighted by molar-refractivity contribution is -0.120. The zero-order valence-corrected chi connectivity index (χ0v) is 11.0. The molecule has 0 saturated heterocycles. The fourth-order valence-electron chi connectivity index (χ4n) is 1.22. The Morgan fingerprint density at radius 1 is 1.33 bits per heavy atom. The average Bonchev–Trinajstić information content (AvgIpc) is 2.19. The highest BCUT2D eigenvalue weighted by Gasteiger charge is 2.11. The minimum Gasteiger partial charge on any atom is -0.350 e. The third-order valence-electron chi connectivity index (χ3n) is 2.53. The molecule has 0 heterocycles. The molecule has 0 aromatic carbocycles. The Hall–Kier alpha value is -0.640. The second-order valence-corrected chi connectivity index (χ2v) is 4.13. The smallest absolute Gasteiger partial charge is 0.226 e. The lowest BCUT2D eigenvalue weighted by atomic mass is 10.1. The van der Waals surface area contributed by atoms with Gasteiger partial charge in [0.05, 0.1) is 0 Å². The molecule has 3 nitrogen and oxygen atoms in total. The first-order valence-corrected chi connectivity index (χ1v) is 6.04. The summed E-state index contributed by atoms with van der Waals surface area (Å²) in [5, 5.41) is 3.31. The molecular formula is C11H22N2OS. The molecule has 0 unspecified atom stereocenters. The van der Waals surface area contributed by atoms with Gasteiger partial charge in [-0.3, -0.25) is 4.79 Å².